The number of likely N-dealkylation sites (tertiary alicyclic amines) is 1. The van der Waals surface area contributed by atoms with Crippen LogP contribution < -0.4 is 0 Å². The summed E-state index contributed by atoms with van der Waals surface area (Å²) in [5.74, 6) is -0.278. The summed E-state index contributed by atoms with van der Waals surface area (Å²) in [7, 11) is 2.00. The van der Waals surface area contributed by atoms with Crippen LogP contribution in [0.4, 0.5) is 0 Å². The third kappa shape index (κ3) is 3.74. The molecule has 0 spiro atoms. The minimum Gasteiger partial charge on any atom is -0.381 e. The summed E-state index contributed by atoms with van der Waals surface area (Å²) in [5, 5.41) is 26.5. The Labute approximate surface area is 193 Å². The molecular weight excluding hydrogens is 404 g/mol. The summed E-state index contributed by atoms with van der Waals surface area (Å²) in [6.07, 6.45) is 3.21. The van der Waals surface area contributed by atoms with Crippen molar-refractivity contribution in [2.45, 2.75) is 51.7 Å². The zero-order valence-corrected chi connectivity index (χ0v) is 19.1. The molecule has 1 aromatic carbocycles. The van der Waals surface area contributed by atoms with E-state index in [0.29, 0.717) is 35.3 Å². The van der Waals surface area contributed by atoms with Crippen molar-refractivity contribution in [3.05, 3.63) is 65.3 Å². The minimum atomic E-state index is -2.11. The van der Waals surface area contributed by atoms with Crippen molar-refractivity contribution in [3.8, 4) is 11.4 Å². The van der Waals surface area contributed by atoms with Crippen molar-refractivity contribution in [2.75, 3.05) is 20.1 Å². The molecule has 7 nitrogen and oxygen atoms in total. The van der Waals surface area contributed by atoms with Gasteiger partial charge in [-0.2, -0.15) is 4.98 Å². The van der Waals surface area contributed by atoms with Crippen molar-refractivity contribution in [3.63, 3.8) is 0 Å². The molecular formula is C25H32N4O3. The Hall–Kier alpha value is -2.61. The van der Waals surface area contributed by atoms with Crippen LogP contribution in [0.3, 0.4) is 0 Å². The molecule has 1 aliphatic rings. The number of rotatable bonds is 6. The fourth-order valence-corrected chi connectivity index (χ4v) is 4.60. The smallest absolute Gasteiger partial charge is 0.258 e. The lowest BCUT2D eigenvalue weighted by Gasteiger charge is -2.55. The second-order valence-electron chi connectivity index (χ2n) is 9.73. The fraction of sp³-hybridized carbons (Fsp3) is 0.480. The van der Waals surface area contributed by atoms with E-state index >= 15 is 0 Å². The average molecular weight is 440 g/mol. The fourth-order valence-electron chi connectivity index (χ4n) is 4.60. The number of hydrogen-bond acceptors (Lipinski definition) is 7. The Morgan fingerprint density at radius 3 is 2.41 bits per heavy atom. The first-order chi connectivity index (χ1) is 16.1. The highest BCUT2D eigenvalue weighted by molar-refractivity contribution is 5.56. The molecule has 4 rings (SSSR count). The van der Waals surface area contributed by atoms with Crippen LogP contribution in [0.1, 0.15) is 67.2 Å². The first kappa shape index (κ1) is 18.9. The van der Waals surface area contributed by atoms with Gasteiger partial charge in [0.25, 0.3) is 5.89 Å². The van der Waals surface area contributed by atoms with Gasteiger partial charge in [0.2, 0.25) is 5.82 Å². The Morgan fingerprint density at radius 1 is 1.16 bits per heavy atom. The molecule has 2 N–H and O–H groups in total. The lowest BCUT2D eigenvalue weighted by Crippen LogP contribution is -2.63. The van der Waals surface area contributed by atoms with E-state index in [0.717, 1.165) is 0 Å². The average Bonchev–Trinajstić information content (AvgIpc) is 3.28. The second-order valence-corrected chi connectivity index (χ2v) is 9.73. The first-order valence-electron chi connectivity index (χ1n) is 12.2. The van der Waals surface area contributed by atoms with Gasteiger partial charge in [-0.3, -0.25) is 4.98 Å². The van der Waals surface area contributed by atoms with Crippen LogP contribution in [-0.4, -0.2) is 50.4 Å². The molecule has 0 radical (unpaired) electrons. The maximum Gasteiger partial charge on any atom is 0.258 e. The maximum absolute atomic E-state index is 12.4. The summed E-state index contributed by atoms with van der Waals surface area (Å²) >= 11 is 0. The van der Waals surface area contributed by atoms with Gasteiger partial charge in [0, 0.05) is 46.1 Å². The molecule has 170 valence electrons. The van der Waals surface area contributed by atoms with Gasteiger partial charge in [0.1, 0.15) is 11.2 Å². The molecule has 2 aromatic heterocycles. The van der Waals surface area contributed by atoms with Crippen molar-refractivity contribution in [2.24, 2.45) is 5.41 Å². The normalized spacial score (nSPS) is 21.0. The van der Waals surface area contributed by atoms with Crippen LogP contribution in [0.2, 0.25) is 0 Å². The monoisotopic (exact) mass is 439 g/mol. The van der Waals surface area contributed by atoms with Crippen LogP contribution in [0.5, 0.6) is 0 Å². The molecule has 1 unspecified atom stereocenters. The van der Waals surface area contributed by atoms with E-state index < -0.39 is 29.4 Å². The van der Waals surface area contributed by atoms with Crippen molar-refractivity contribution >= 4 is 0 Å². The van der Waals surface area contributed by atoms with E-state index in [1.165, 1.54) is 0 Å². The SMILES string of the molecule is [2H]C([2H])([2H])C(C)c1ccc([C@](O)(c2cncc(-c3noc(C(C)(C)O)n3)c2)C2(C)CN(C)C2)cc1. The quantitative estimate of drug-likeness (QED) is 0.605. The third-order valence-electron chi connectivity index (χ3n) is 6.30. The highest BCUT2D eigenvalue weighted by Crippen LogP contribution is 2.50. The van der Waals surface area contributed by atoms with Crippen molar-refractivity contribution in [1.29, 1.82) is 0 Å². The number of aromatic nitrogens is 3. The van der Waals surface area contributed by atoms with Gasteiger partial charge < -0.3 is 19.6 Å². The number of aliphatic hydroxyl groups is 2. The molecule has 1 fully saturated rings. The number of hydrogen-bond donors (Lipinski definition) is 2. The summed E-state index contributed by atoms with van der Waals surface area (Å²) in [6, 6.07) is 8.93. The van der Waals surface area contributed by atoms with E-state index in [9.17, 15) is 10.2 Å². The molecule has 32 heavy (non-hydrogen) atoms. The summed E-state index contributed by atoms with van der Waals surface area (Å²) < 4.78 is 28.4. The Kier molecular flexibility index (Phi) is 4.59. The van der Waals surface area contributed by atoms with E-state index in [1.54, 1.807) is 63.5 Å². The van der Waals surface area contributed by atoms with Crippen LogP contribution in [-0.2, 0) is 11.2 Å². The van der Waals surface area contributed by atoms with Gasteiger partial charge in [-0.15, -0.1) is 0 Å². The van der Waals surface area contributed by atoms with E-state index in [1.807, 2.05) is 14.0 Å². The highest BCUT2D eigenvalue weighted by Gasteiger charge is 2.55. The lowest BCUT2D eigenvalue weighted by atomic mass is 9.62. The maximum atomic E-state index is 12.4. The molecule has 2 atom stereocenters. The van der Waals surface area contributed by atoms with Crippen LogP contribution in [0, 0.1) is 5.41 Å². The predicted octanol–water partition coefficient (Wildman–Crippen LogP) is 3.67. The molecule has 0 saturated carbocycles. The van der Waals surface area contributed by atoms with Gasteiger partial charge in [0.15, 0.2) is 0 Å². The first-order valence-corrected chi connectivity index (χ1v) is 10.7. The molecule has 0 aliphatic carbocycles. The molecule has 3 aromatic rings. The van der Waals surface area contributed by atoms with Crippen molar-refractivity contribution in [1.82, 2.24) is 20.0 Å². The van der Waals surface area contributed by atoms with Crippen LogP contribution in [0.25, 0.3) is 11.4 Å². The topological polar surface area (TPSA) is 95.5 Å². The lowest BCUT2D eigenvalue weighted by molar-refractivity contribution is -0.127. The summed E-state index contributed by atoms with van der Waals surface area (Å²) in [5.41, 5.74) is -0.763. The Bertz CT molecular complexity index is 1200. The zero-order chi connectivity index (χ0) is 25.8. The molecule has 0 bridgehead atoms. The summed E-state index contributed by atoms with van der Waals surface area (Å²) in [6.45, 7) is 6.03. The number of pyridine rings is 1. The number of nitrogens with zero attached hydrogens (tertiary/aromatic N) is 4. The zero-order valence-electron chi connectivity index (χ0n) is 22.1. The molecule has 7 heteroatoms. The van der Waals surface area contributed by atoms with Crippen LogP contribution in [0.15, 0.2) is 47.2 Å². The molecule has 0 amide bonds. The van der Waals surface area contributed by atoms with Gasteiger partial charge in [-0.05, 0) is 44.0 Å². The molecule has 1 aliphatic heterocycles. The van der Waals surface area contributed by atoms with Gasteiger partial charge in [-0.25, -0.2) is 0 Å². The Morgan fingerprint density at radius 2 is 1.84 bits per heavy atom. The third-order valence-corrected chi connectivity index (χ3v) is 6.30. The van der Waals surface area contributed by atoms with E-state index in [4.69, 9.17) is 8.64 Å². The van der Waals surface area contributed by atoms with E-state index in [2.05, 4.69) is 20.0 Å². The van der Waals surface area contributed by atoms with Gasteiger partial charge in [0.05, 0.1) is 0 Å². The van der Waals surface area contributed by atoms with E-state index in [-0.39, 0.29) is 11.7 Å². The summed E-state index contributed by atoms with van der Waals surface area (Å²) in [4.78, 5) is 10.8. The molecule has 1 saturated heterocycles. The molecule has 3 heterocycles. The van der Waals surface area contributed by atoms with Crippen molar-refractivity contribution < 1.29 is 18.8 Å². The minimum absolute atomic E-state index is 0.0831. The van der Waals surface area contributed by atoms with Gasteiger partial charge >= 0.3 is 0 Å². The Balaban J connectivity index is 1.78. The number of benzene rings is 1. The standard InChI is InChI=1S/C25H32N4O3/c1-16(2)17-7-9-19(10-8-17)25(31,24(5)14-29(6)15-24)20-11-18(12-26-13-20)21-27-22(32-28-21)23(3,4)30/h7-13,16,30-31H,14-15H2,1-6H3/t25-/m0/s1/i1D3/t16?,25-. The largest absolute Gasteiger partial charge is 0.381 e. The van der Waals surface area contributed by atoms with Gasteiger partial charge in [-0.1, -0.05) is 50.1 Å². The highest BCUT2D eigenvalue weighted by atomic mass is 16.5. The van der Waals surface area contributed by atoms with Crippen LogP contribution >= 0.6 is 0 Å². The second kappa shape index (κ2) is 7.76. The predicted molar refractivity (Wildman–Crippen MR) is 122 cm³/mol.